The fraction of sp³-hybridized carbons (Fsp3) is 0.188. The van der Waals surface area contributed by atoms with E-state index in [9.17, 15) is 9.18 Å². The van der Waals surface area contributed by atoms with E-state index in [0.717, 1.165) is 5.56 Å². The van der Waals surface area contributed by atoms with Gasteiger partial charge in [-0.3, -0.25) is 4.79 Å². The van der Waals surface area contributed by atoms with Gasteiger partial charge in [-0.1, -0.05) is 18.2 Å². The van der Waals surface area contributed by atoms with Crippen LogP contribution in [0.2, 0.25) is 0 Å². The summed E-state index contributed by atoms with van der Waals surface area (Å²) in [5, 5.41) is 0. The third kappa shape index (κ3) is 3.24. The SMILES string of the molecule is CC(c1cccc(N)c1)N(C)C(=O)c1c(F)cccc1Br. The molecule has 3 nitrogen and oxygen atoms in total. The van der Waals surface area contributed by atoms with Crippen LogP contribution in [0.4, 0.5) is 10.1 Å². The normalized spacial score (nSPS) is 12.0. The molecule has 2 N–H and O–H groups in total. The molecule has 0 heterocycles. The molecule has 110 valence electrons. The zero-order valence-corrected chi connectivity index (χ0v) is 13.4. The van der Waals surface area contributed by atoms with E-state index >= 15 is 0 Å². The summed E-state index contributed by atoms with van der Waals surface area (Å²) in [7, 11) is 1.65. The lowest BCUT2D eigenvalue weighted by atomic mass is 10.1. The summed E-state index contributed by atoms with van der Waals surface area (Å²) in [4.78, 5) is 14.0. The molecule has 0 aliphatic rings. The molecule has 1 amide bonds. The van der Waals surface area contributed by atoms with Crippen molar-refractivity contribution >= 4 is 27.5 Å². The fourth-order valence-corrected chi connectivity index (χ4v) is 2.61. The zero-order chi connectivity index (χ0) is 15.6. The third-order valence-corrected chi connectivity index (χ3v) is 4.13. The number of amides is 1. The van der Waals surface area contributed by atoms with Crippen molar-refractivity contribution in [1.82, 2.24) is 4.90 Å². The van der Waals surface area contributed by atoms with Gasteiger partial charge in [0.1, 0.15) is 5.82 Å². The van der Waals surface area contributed by atoms with Gasteiger partial charge >= 0.3 is 0 Å². The number of benzene rings is 2. The minimum Gasteiger partial charge on any atom is -0.399 e. The van der Waals surface area contributed by atoms with Crippen LogP contribution in [0, 0.1) is 5.82 Å². The predicted octanol–water partition coefficient (Wildman–Crippen LogP) is 4.00. The number of anilines is 1. The van der Waals surface area contributed by atoms with E-state index in [1.807, 2.05) is 25.1 Å². The van der Waals surface area contributed by atoms with E-state index in [4.69, 9.17) is 5.73 Å². The van der Waals surface area contributed by atoms with Gasteiger partial charge in [-0.05, 0) is 52.7 Å². The maximum Gasteiger partial charge on any atom is 0.258 e. The van der Waals surface area contributed by atoms with Crippen LogP contribution >= 0.6 is 15.9 Å². The molecular formula is C16H16BrFN2O. The van der Waals surface area contributed by atoms with Crippen LogP contribution in [0.1, 0.15) is 28.9 Å². The van der Waals surface area contributed by atoms with Gasteiger partial charge in [0, 0.05) is 17.2 Å². The molecule has 0 aliphatic heterocycles. The number of halogens is 2. The number of nitrogen functional groups attached to an aromatic ring is 1. The van der Waals surface area contributed by atoms with Crippen molar-refractivity contribution < 1.29 is 9.18 Å². The number of rotatable bonds is 3. The standard InChI is InChI=1S/C16H16BrFN2O/c1-10(11-5-3-6-12(19)9-11)20(2)16(21)15-13(17)7-4-8-14(15)18/h3-10H,19H2,1-2H3. The van der Waals surface area contributed by atoms with E-state index in [-0.39, 0.29) is 17.5 Å². The van der Waals surface area contributed by atoms with Gasteiger partial charge in [0.15, 0.2) is 0 Å². The van der Waals surface area contributed by atoms with E-state index in [1.54, 1.807) is 25.2 Å². The predicted molar refractivity (Wildman–Crippen MR) is 85.5 cm³/mol. The Morgan fingerprint density at radius 2 is 1.95 bits per heavy atom. The molecule has 0 aliphatic carbocycles. The molecule has 0 fully saturated rings. The Labute approximate surface area is 131 Å². The smallest absolute Gasteiger partial charge is 0.258 e. The van der Waals surface area contributed by atoms with Gasteiger partial charge in [0.2, 0.25) is 0 Å². The first kappa shape index (κ1) is 15.5. The molecule has 1 atom stereocenters. The van der Waals surface area contributed by atoms with Gasteiger partial charge in [0.05, 0.1) is 11.6 Å². The Morgan fingerprint density at radius 3 is 2.57 bits per heavy atom. The van der Waals surface area contributed by atoms with E-state index in [2.05, 4.69) is 15.9 Å². The first-order valence-corrected chi connectivity index (χ1v) is 7.27. The second-order valence-electron chi connectivity index (χ2n) is 4.86. The first-order valence-electron chi connectivity index (χ1n) is 6.48. The van der Waals surface area contributed by atoms with Gasteiger partial charge in [-0.2, -0.15) is 0 Å². The molecule has 0 spiro atoms. The van der Waals surface area contributed by atoms with Gasteiger partial charge in [-0.25, -0.2) is 4.39 Å². The topological polar surface area (TPSA) is 46.3 Å². The van der Waals surface area contributed by atoms with Crippen LogP contribution in [0.5, 0.6) is 0 Å². The molecule has 0 saturated heterocycles. The van der Waals surface area contributed by atoms with Crippen LogP contribution in [0.3, 0.4) is 0 Å². The van der Waals surface area contributed by atoms with Crippen molar-refractivity contribution in [1.29, 1.82) is 0 Å². The average molecular weight is 351 g/mol. The van der Waals surface area contributed by atoms with Crippen LogP contribution in [0.15, 0.2) is 46.9 Å². The van der Waals surface area contributed by atoms with Crippen molar-refractivity contribution in [3.05, 3.63) is 63.9 Å². The number of nitrogens with zero attached hydrogens (tertiary/aromatic N) is 1. The first-order chi connectivity index (χ1) is 9.91. The number of hydrogen-bond donors (Lipinski definition) is 1. The van der Waals surface area contributed by atoms with Gasteiger partial charge in [-0.15, -0.1) is 0 Å². The van der Waals surface area contributed by atoms with E-state index in [1.165, 1.54) is 11.0 Å². The van der Waals surface area contributed by atoms with Crippen molar-refractivity contribution in [2.45, 2.75) is 13.0 Å². The fourth-order valence-electron chi connectivity index (χ4n) is 2.10. The molecular weight excluding hydrogens is 335 g/mol. The number of carbonyl (C=O) groups is 1. The second-order valence-corrected chi connectivity index (χ2v) is 5.71. The van der Waals surface area contributed by atoms with Crippen LogP contribution in [-0.2, 0) is 0 Å². The highest BCUT2D eigenvalue weighted by atomic mass is 79.9. The largest absolute Gasteiger partial charge is 0.399 e. The summed E-state index contributed by atoms with van der Waals surface area (Å²) < 4.78 is 14.3. The highest BCUT2D eigenvalue weighted by Crippen LogP contribution is 2.26. The Balaban J connectivity index is 2.31. The quantitative estimate of drug-likeness (QED) is 0.850. The summed E-state index contributed by atoms with van der Waals surface area (Å²) in [5.74, 6) is -0.920. The minimum atomic E-state index is -0.541. The molecule has 0 saturated carbocycles. The summed E-state index contributed by atoms with van der Waals surface area (Å²) in [6, 6.07) is 11.6. The maximum absolute atomic E-state index is 13.9. The van der Waals surface area contributed by atoms with Crippen LogP contribution in [0.25, 0.3) is 0 Å². The third-order valence-electron chi connectivity index (χ3n) is 3.47. The lowest BCUT2D eigenvalue weighted by Gasteiger charge is -2.26. The molecule has 2 aromatic rings. The summed E-state index contributed by atoms with van der Waals surface area (Å²) in [6.07, 6.45) is 0. The molecule has 21 heavy (non-hydrogen) atoms. The number of carbonyl (C=O) groups excluding carboxylic acids is 1. The summed E-state index contributed by atoms with van der Waals surface area (Å²) in [5.41, 5.74) is 7.33. The molecule has 5 heteroatoms. The molecule has 1 unspecified atom stereocenters. The Morgan fingerprint density at radius 1 is 1.29 bits per heavy atom. The molecule has 0 aromatic heterocycles. The van der Waals surface area contributed by atoms with Crippen molar-refractivity contribution in [3.8, 4) is 0 Å². The Bertz CT molecular complexity index is 655. The van der Waals surface area contributed by atoms with Gasteiger partial charge < -0.3 is 10.6 Å². The van der Waals surface area contributed by atoms with Crippen molar-refractivity contribution in [2.24, 2.45) is 0 Å². The Hall–Kier alpha value is -1.88. The Kier molecular flexibility index (Phi) is 4.63. The van der Waals surface area contributed by atoms with Crippen molar-refractivity contribution in [3.63, 3.8) is 0 Å². The second kappa shape index (κ2) is 6.26. The van der Waals surface area contributed by atoms with Crippen LogP contribution in [-0.4, -0.2) is 17.9 Å². The highest BCUT2D eigenvalue weighted by Gasteiger charge is 2.23. The lowest BCUT2D eigenvalue weighted by Crippen LogP contribution is -2.30. The molecule has 2 rings (SSSR count). The van der Waals surface area contributed by atoms with E-state index < -0.39 is 5.82 Å². The molecule has 0 radical (unpaired) electrons. The van der Waals surface area contributed by atoms with Crippen molar-refractivity contribution in [2.75, 3.05) is 12.8 Å². The zero-order valence-electron chi connectivity index (χ0n) is 11.8. The highest BCUT2D eigenvalue weighted by molar-refractivity contribution is 9.10. The van der Waals surface area contributed by atoms with Crippen LogP contribution < -0.4 is 5.73 Å². The number of hydrogen-bond acceptors (Lipinski definition) is 2. The number of nitrogens with two attached hydrogens (primary N) is 1. The monoisotopic (exact) mass is 350 g/mol. The minimum absolute atomic E-state index is 0.0377. The average Bonchev–Trinajstić information content (AvgIpc) is 2.45. The molecule has 0 bridgehead atoms. The summed E-state index contributed by atoms with van der Waals surface area (Å²) in [6.45, 7) is 1.88. The maximum atomic E-state index is 13.9. The molecule has 2 aromatic carbocycles. The lowest BCUT2D eigenvalue weighted by molar-refractivity contribution is 0.0737. The summed E-state index contributed by atoms with van der Waals surface area (Å²) >= 11 is 3.23. The van der Waals surface area contributed by atoms with Gasteiger partial charge in [0.25, 0.3) is 5.91 Å². The van der Waals surface area contributed by atoms with E-state index in [0.29, 0.717) is 10.2 Å².